The first-order chi connectivity index (χ1) is 10.6. The van der Waals surface area contributed by atoms with Gasteiger partial charge in [-0.25, -0.2) is 4.98 Å². The Morgan fingerprint density at radius 1 is 1.36 bits per heavy atom. The highest BCUT2D eigenvalue weighted by Crippen LogP contribution is 2.42. The van der Waals surface area contributed by atoms with E-state index < -0.39 is 0 Å². The maximum Gasteiger partial charge on any atom is 0.222 e. The summed E-state index contributed by atoms with van der Waals surface area (Å²) in [6.45, 7) is 6.08. The highest BCUT2D eigenvalue weighted by molar-refractivity contribution is 5.55. The zero-order chi connectivity index (χ0) is 15.6. The molecule has 22 heavy (non-hydrogen) atoms. The van der Waals surface area contributed by atoms with E-state index in [2.05, 4.69) is 33.2 Å². The predicted octanol–water partition coefficient (Wildman–Crippen LogP) is 1.37. The number of piperazine rings is 1. The Labute approximate surface area is 131 Å². The Kier molecular flexibility index (Phi) is 4.16. The van der Waals surface area contributed by atoms with Crippen molar-refractivity contribution in [3.8, 4) is 6.07 Å². The van der Waals surface area contributed by atoms with Crippen LogP contribution in [0.5, 0.6) is 0 Å². The van der Waals surface area contributed by atoms with E-state index in [0.717, 1.165) is 63.4 Å². The minimum Gasteiger partial charge on any atom is -0.368 e. The van der Waals surface area contributed by atoms with Crippen LogP contribution in [0, 0.1) is 11.3 Å². The van der Waals surface area contributed by atoms with E-state index in [9.17, 15) is 0 Å². The monoisotopic (exact) mass is 300 g/mol. The average molecular weight is 300 g/mol. The molecule has 1 saturated heterocycles. The van der Waals surface area contributed by atoms with Gasteiger partial charge in [0.05, 0.1) is 11.8 Å². The smallest absolute Gasteiger partial charge is 0.222 e. The number of anilines is 2. The second kappa shape index (κ2) is 6.09. The Morgan fingerprint density at radius 3 is 2.86 bits per heavy atom. The van der Waals surface area contributed by atoms with E-state index >= 15 is 0 Å². The molecular weight excluding hydrogens is 276 g/mol. The van der Waals surface area contributed by atoms with Gasteiger partial charge in [-0.2, -0.15) is 10.2 Å². The van der Waals surface area contributed by atoms with E-state index in [1.807, 2.05) is 0 Å². The molecule has 1 atom stereocenters. The Balaban J connectivity index is 2.02. The first kappa shape index (κ1) is 15.0. The molecule has 0 aromatic carbocycles. The summed E-state index contributed by atoms with van der Waals surface area (Å²) < 4.78 is 0. The molecule has 1 aromatic rings. The number of hydrogen-bond acceptors (Lipinski definition) is 6. The molecule has 0 radical (unpaired) electrons. The third-order valence-electron chi connectivity index (χ3n) is 4.93. The lowest BCUT2D eigenvalue weighted by Gasteiger charge is -2.38. The molecule has 2 aliphatic rings. The van der Waals surface area contributed by atoms with Crippen molar-refractivity contribution in [2.24, 2.45) is 0 Å². The number of rotatable bonds is 3. The lowest BCUT2D eigenvalue weighted by molar-refractivity contribution is 0.358. The Bertz CT molecular complexity index is 587. The van der Waals surface area contributed by atoms with Crippen molar-refractivity contribution in [3.05, 3.63) is 11.3 Å². The molecule has 0 amide bonds. The molecule has 1 aliphatic heterocycles. The van der Waals surface area contributed by atoms with Crippen LogP contribution in [0.15, 0.2) is 0 Å². The molecule has 1 aliphatic carbocycles. The molecule has 118 valence electrons. The first-order valence-corrected chi connectivity index (χ1v) is 8.13. The normalized spacial score (nSPS) is 24.6. The number of aromatic nitrogens is 2. The second-order valence-electron chi connectivity index (χ2n) is 6.54. The van der Waals surface area contributed by atoms with Crippen LogP contribution in [0.1, 0.15) is 43.9 Å². The molecule has 2 heterocycles. The summed E-state index contributed by atoms with van der Waals surface area (Å²) in [5.41, 5.74) is 8.29. The molecule has 6 heteroatoms. The van der Waals surface area contributed by atoms with Crippen LogP contribution in [0.3, 0.4) is 0 Å². The minimum absolute atomic E-state index is 0.0524. The summed E-state index contributed by atoms with van der Waals surface area (Å²) in [5, 5.41) is 12.3. The molecule has 3 rings (SSSR count). The largest absolute Gasteiger partial charge is 0.368 e. The standard InChI is InChI=1S/C16H24N6/c1-16(6-3-7-17)5-2-4-12-13(16)20-15(18)21-14(12)22-10-8-19-9-11-22/h19H,2-6,8-11H2,1H3,(H2,18,20,21). The van der Waals surface area contributed by atoms with Gasteiger partial charge in [-0.1, -0.05) is 6.92 Å². The molecule has 0 spiro atoms. The molecule has 6 nitrogen and oxygen atoms in total. The molecule has 0 bridgehead atoms. The topological polar surface area (TPSA) is 90.9 Å². The van der Waals surface area contributed by atoms with Gasteiger partial charge in [0.25, 0.3) is 0 Å². The maximum absolute atomic E-state index is 8.95. The van der Waals surface area contributed by atoms with Crippen molar-refractivity contribution < 1.29 is 0 Å². The number of nitrogens with one attached hydrogen (secondary N) is 1. The van der Waals surface area contributed by atoms with Crippen molar-refractivity contribution in [1.29, 1.82) is 5.26 Å². The highest BCUT2D eigenvalue weighted by atomic mass is 15.2. The van der Waals surface area contributed by atoms with E-state index in [1.165, 1.54) is 5.56 Å². The third-order valence-corrected chi connectivity index (χ3v) is 4.93. The van der Waals surface area contributed by atoms with Gasteiger partial charge >= 0.3 is 0 Å². The molecule has 1 aromatic heterocycles. The van der Waals surface area contributed by atoms with Crippen molar-refractivity contribution in [3.63, 3.8) is 0 Å². The zero-order valence-electron chi connectivity index (χ0n) is 13.2. The van der Waals surface area contributed by atoms with E-state index in [1.54, 1.807) is 0 Å². The molecular formula is C16H24N6. The lowest BCUT2D eigenvalue weighted by Crippen LogP contribution is -2.45. The third kappa shape index (κ3) is 2.73. The quantitative estimate of drug-likeness (QED) is 0.876. The SMILES string of the molecule is CC1(CCC#N)CCCc2c(N3CCNCC3)nc(N)nc21. The van der Waals surface area contributed by atoms with Crippen LogP contribution in [-0.2, 0) is 11.8 Å². The highest BCUT2D eigenvalue weighted by Gasteiger charge is 2.36. The Morgan fingerprint density at radius 2 is 2.14 bits per heavy atom. The number of fused-ring (bicyclic) bond motifs is 1. The van der Waals surface area contributed by atoms with Crippen LogP contribution < -0.4 is 16.0 Å². The van der Waals surface area contributed by atoms with Gasteiger partial charge in [0.1, 0.15) is 5.82 Å². The van der Waals surface area contributed by atoms with Gasteiger partial charge in [0.2, 0.25) is 5.95 Å². The van der Waals surface area contributed by atoms with Crippen LogP contribution in [-0.4, -0.2) is 36.1 Å². The van der Waals surface area contributed by atoms with Crippen LogP contribution in [0.4, 0.5) is 11.8 Å². The summed E-state index contributed by atoms with van der Waals surface area (Å²) in [6.07, 6.45) is 4.61. The molecule has 3 N–H and O–H groups in total. The fourth-order valence-electron chi connectivity index (χ4n) is 3.71. The van der Waals surface area contributed by atoms with Crippen LogP contribution in [0.25, 0.3) is 0 Å². The van der Waals surface area contributed by atoms with Crippen LogP contribution >= 0.6 is 0 Å². The van der Waals surface area contributed by atoms with Crippen LogP contribution in [0.2, 0.25) is 0 Å². The summed E-state index contributed by atoms with van der Waals surface area (Å²) in [6, 6.07) is 2.27. The van der Waals surface area contributed by atoms with E-state index in [-0.39, 0.29) is 5.41 Å². The number of nitriles is 1. The van der Waals surface area contributed by atoms with Crippen molar-refractivity contribution >= 4 is 11.8 Å². The number of nitrogens with two attached hydrogens (primary N) is 1. The Hall–Kier alpha value is -1.87. The molecule has 1 unspecified atom stereocenters. The van der Waals surface area contributed by atoms with Crippen molar-refractivity contribution in [2.45, 2.75) is 44.4 Å². The van der Waals surface area contributed by atoms with Gasteiger partial charge in [0, 0.05) is 43.6 Å². The van der Waals surface area contributed by atoms with Crippen molar-refractivity contribution in [2.75, 3.05) is 36.8 Å². The number of hydrogen-bond donors (Lipinski definition) is 2. The summed E-state index contributed by atoms with van der Waals surface area (Å²) in [5.74, 6) is 1.38. The zero-order valence-corrected chi connectivity index (χ0v) is 13.2. The van der Waals surface area contributed by atoms with Gasteiger partial charge in [0.15, 0.2) is 0 Å². The van der Waals surface area contributed by atoms with E-state index in [4.69, 9.17) is 11.0 Å². The summed E-state index contributed by atoms with van der Waals surface area (Å²) in [4.78, 5) is 11.5. The van der Waals surface area contributed by atoms with Gasteiger partial charge in [-0.15, -0.1) is 0 Å². The summed E-state index contributed by atoms with van der Waals surface area (Å²) >= 11 is 0. The second-order valence-corrected chi connectivity index (χ2v) is 6.54. The summed E-state index contributed by atoms with van der Waals surface area (Å²) in [7, 11) is 0. The fourth-order valence-corrected chi connectivity index (χ4v) is 3.71. The van der Waals surface area contributed by atoms with Crippen molar-refractivity contribution in [1.82, 2.24) is 15.3 Å². The number of nitrogen functional groups attached to an aromatic ring is 1. The van der Waals surface area contributed by atoms with Gasteiger partial charge in [-0.05, 0) is 25.7 Å². The predicted molar refractivity (Wildman–Crippen MR) is 86.7 cm³/mol. The average Bonchev–Trinajstić information content (AvgIpc) is 2.54. The lowest BCUT2D eigenvalue weighted by atomic mass is 9.71. The first-order valence-electron chi connectivity index (χ1n) is 8.13. The fraction of sp³-hybridized carbons (Fsp3) is 0.688. The maximum atomic E-state index is 8.95. The molecule has 1 fully saturated rings. The minimum atomic E-state index is -0.0524. The number of nitrogens with zero attached hydrogens (tertiary/aromatic N) is 4. The van der Waals surface area contributed by atoms with Gasteiger partial charge < -0.3 is 16.0 Å². The van der Waals surface area contributed by atoms with Gasteiger partial charge in [-0.3, -0.25) is 0 Å². The van der Waals surface area contributed by atoms with E-state index in [0.29, 0.717) is 12.4 Å². The molecule has 0 saturated carbocycles.